The molecule has 0 atom stereocenters. The first-order valence-corrected chi connectivity index (χ1v) is 9.32. The van der Waals surface area contributed by atoms with Crippen molar-refractivity contribution in [3.8, 4) is 11.3 Å². The van der Waals surface area contributed by atoms with Gasteiger partial charge in [0, 0.05) is 24.4 Å². The molecule has 0 unspecified atom stereocenters. The Morgan fingerprint density at radius 2 is 1.70 bits per heavy atom. The number of halogens is 3. The second-order valence-electron chi connectivity index (χ2n) is 7.16. The molecule has 0 aliphatic carbocycles. The number of fused-ring (bicyclic) bond motifs is 1. The molecule has 1 N–H and O–H groups in total. The number of aromatic carboxylic acids is 1. The fourth-order valence-electron chi connectivity index (χ4n) is 3.85. The van der Waals surface area contributed by atoms with Gasteiger partial charge in [0.1, 0.15) is 0 Å². The fraction of sp³-hybridized carbons (Fsp3) is 0.125. The fourth-order valence-corrected chi connectivity index (χ4v) is 3.85. The average Bonchev–Trinajstić information content (AvgIpc) is 2.99. The molecule has 152 valence electrons. The van der Waals surface area contributed by atoms with Crippen LogP contribution in [0, 0.1) is 0 Å². The highest BCUT2D eigenvalue weighted by Crippen LogP contribution is 2.38. The topological polar surface area (TPSA) is 42.2 Å². The average molecular weight is 409 g/mol. The third kappa shape index (κ3) is 3.56. The van der Waals surface area contributed by atoms with Gasteiger partial charge in [-0.2, -0.15) is 13.2 Å². The quantitative estimate of drug-likeness (QED) is 0.439. The smallest absolute Gasteiger partial charge is 0.416 e. The van der Waals surface area contributed by atoms with Gasteiger partial charge >= 0.3 is 12.1 Å². The van der Waals surface area contributed by atoms with Crippen molar-refractivity contribution in [2.24, 2.45) is 7.05 Å². The van der Waals surface area contributed by atoms with Gasteiger partial charge in [-0.1, -0.05) is 48.5 Å². The summed E-state index contributed by atoms with van der Waals surface area (Å²) in [5.41, 5.74) is 3.28. The van der Waals surface area contributed by atoms with Gasteiger partial charge < -0.3 is 9.67 Å². The minimum absolute atomic E-state index is 0.174. The molecule has 1 aromatic heterocycles. The highest BCUT2D eigenvalue weighted by Gasteiger charge is 2.31. The summed E-state index contributed by atoms with van der Waals surface area (Å²) in [6.45, 7) is 0. The van der Waals surface area contributed by atoms with E-state index in [-0.39, 0.29) is 5.56 Å². The first-order valence-electron chi connectivity index (χ1n) is 9.32. The summed E-state index contributed by atoms with van der Waals surface area (Å²) in [7, 11) is 1.75. The van der Waals surface area contributed by atoms with E-state index in [1.54, 1.807) is 23.7 Å². The van der Waals surface area contributed by atoms with Crippen LogP contribution in [0.1, 0.15) is 27.0 Å². The Bertz CT molecular complexity index is 1240. The number of benzene rings is 3. The van der Waals surface area contributed by atoms with Crippen molar-refractivity contribution >= 4 is 16.9 Å². The van der Waals surface area contributed by atoms with Gasteiger partial charge in [-0.05, 0) is 41.0 Å². The van der Waals surface area contributed by atoms with Gasteiger partial charge in [0.05, 0.1) is 16.8 Å². The molecule has 0 amide bonds. The molecule has 0 aliphatic heterocycles. The highest BCUT2D eigenvalue weighted by molar-refractivity contribution is 5.93. The molecule has 0 saturated heterocycles. The van der Waals surface area contributed by atoms with E-state index in [0.717, 1.165) is 28.5 Å². The normalized spacial score (nSPS) is 11.7. The molecule has 3 aromatic carbocycles. The second-order valence-corrected chi connectivity index (χ2v) is 7.16. The van der Waals surface area contributed by atoms with Crippen molar-refractivity contribution in [3.63, 3.8) is 0 Å². The van der Waals surface area contributed by atoms with Crippen LogP contribution in [0.2, 0.25) is 0 Å². The van der Waals surface area contributed by atoms with Crippen LogP contribution in [-0.4, -0.2) is 15.6 Å². The number of nitrogens with zero attached hydrogens (tertiary/aromatic N) is 1. The van der Waals surface area contributed by atoms with Crippen molar-refractivity contribution in [2.45, 2.75) is 12.6 Å². The molecule has 4 rings (SSSR count). The maximum atomic E-state index is 13.3. The molecule has 0 bridgehead atoms. The number of carboxylic acids is 1. The van der Waals surface area contributed by atoms with E-state index in [4.69, 9.17) is 0 Å². The third-order valence-corrected chi connectivity index (χ3v) is 5.23. The predicted molar refractivity (Wildman–Crippen MR) is 110 cm³/mol. The van der Waals surface area contributed by atoms with Crippen LogP contribution >= 0.6 is 0 Å². The minimum atomic E-state index is -4.43. The number of hydrogen-bond donors (Lipinski definition) is 1. The number of hydrogen-bond acceptors (Lipinski definition) is 1. The Kier molecular flexibility index (Phi) is 4.86. The van der Waals surface area contributed by atoms with Crippen molar-refractivity contribution in [2.75, 3.05) is 0 Å². The first kappa shape index (κ1) is 19.8. The lowest BCUT2D eigenvalue weighted by atomic mass is 9.97. The van der Waals surface area contributed by atoms with E-state index in [0.29, 0.717) is 17.3 Å². The van der Waals surface area contributed by atoms with Gasteiger partial charge in [0.2, 0.25) is 0 Å². The van der Waals surface area contributed by atoms with Crippen LogP contribution < -0.4 is 0 Å². The third-order valence-electron chi connectivity index (χ3n) is 5.23. The van der Waals surface area contributed by atoms with Crippen LogP contribution in [0.5, 0.6) is 0 Å². The standard InChI is InChI=1S/C24H18F3NO2/c1-28-21-14-18(24(25,26)27)10-11-19(21)20(22(28)16-7-3-2-4-8-16)13-15-6-5-9-17(12-15)23(29)30/h2-12,14H,13H2,1H3,(H,29,30). The Morgan fingerprint density at radius 1 is 0.967 bits per heavy atom. The number of carboxylic acid groups (broad SMARTS) is 1. The van der Waals surface area contributed by atoms with Crippen molar-refractivity contribution < 1.29 is 23.1 Å². The lowest BCUT2D eigenvalue weighted by Gasteiger charge is -2.09. The summed E-state index contributed by atoms with van der Waals surface area (Å²) in [6.07, 6.45) is -4.03. The summed E-state index contributed by atoms with van der Waals surface area (Å²) in [6, 6.07) is 19.8. The Hall–Kier alpha value is -3.54. The Morgan fingerprint density at radius 3 is 2.37 bits per heavy atom. The molecule has 0 aliphatic rings. The molecular weight excluding hydrogens is 391 g/mol. The van der Waals surface area contributed by atoms with Crippen LogP contribution in [0.4, 0.5) is 13.2 Å². The van der Waals surface area contributed by atoms with Crippen molar-refractivity contribution in [1.82, 2.24) is 4.57 Å². The minimum Gasteiger partial charge on any atom is -0.478 e. The summed E-state index contributed by atoms with van der Waals surface area (Å²) in [4.78, 5) is 11.3. The summed E-state index contributed by atoms with van der Waals surface area (Å²) >= 11 is 0. The first-order chi connectivity index (χ1) is 14.3. The van der Waals surface area contributed by atoms with E-state index in [9.17, 15) is 23.1 Å². The van der Waals surface area contributed by atoms with E-state index in [1.807, 2.05) is 36.4 Å². The summed E-state index contributed by atoms with van der Waals surface area (Å²) in [5, 5.41) is 9.99. The maximum Gasteiger partial charge on any atom is 0.416 e. The molecule has 3 nitrogen and oxygen atoms in total. The summed E-state index contributed by atoms with van der Waals surface area (Å²) < 4.78 is 41.6. The molecule has 1 heterocycles. The second kappa shape index (κ2) is 7.37. The van der Waals surface area contributed by atoms with Gasteiger partial charge in [0.25, 0.3) is 0 Å². The molecule has 0 fully saturated rings. The number of aryl methyl sites for hydroxylation is 1. The number of alkyl halides is 3. The van der Waals surface area contributed by atoms with E-state index < -0.39 is 17.7 Å². The molecule has 0 radical (unpaired) electrons. The van der Waals surface area contributed by atoms with E-state index in [2.05, 4.69) is 0 Å². The largest absolute Gasteiger partial charge is 0.478 e. The van der Waals surface area contributed by atoms with Crippen molar-refractivity contribution in [3.05, 3.63) is 95.1 Å². The lowest BCUT2D eigenvalue weighted by Crippen LogP contribution is -2.04. The molecule has 30 heavy (non-hydrogen) atoms. The monoisotopic (exact) mass is 409 g/mol. The molecule has 6 heteroatoms. The zero-order chi connectivity index (χ0) is 21.5. The van der Waals surface area contributed by atoms with Crippen LogP contribution in [0.3, 0.4) is 0 Å². The van der Waals surface area contributed by atoms with Crippen LogP contribution in [0.25, 0.3) is 22.2 Å². The van der Waals surface area contributed by atoms with Crippen LogP contribution in [0.15, 0.2) is 72.8 Å². The van der Waals surface area contributed by atoms with E-state index in [1.165, 1.54) is 18.2 Å². The molecular formula is C24H18F3NO2. The zero-order valence-electron chi connectivity index (χ0n) is 16.1. The Balaban J connectivity index is 1.94. The summed E-state index contributed by atoms with van der Waals surface area (Å²) in [5.74, 6) is -1.02. The number of carbonyl (C=O) groups is 1. The molecule has 4 aromatic rings. The van der Waals surface area contributed by atoms with E-state index >= 15 is 0 Å². The van der Waals surface area contributed by atoms with Gasteiger partial charge in [-0.3, -0.25) is 0 Å². The molecule has 0 saturated carbocycles. The van der Waals surface area contributed by atoms with Crippen molar-refractivity contribution in [1.29, 1.82) is 0 Å². The SMILES string of the molecule is Cn1c(-c2ccccc2)c(Cc2cccc(C(=O)O)c2)c2ccc(C(F)(F)F)cc21. The predicted octanol–water partition coefficient (Wildman–Crippen LogP) is 6.15. The van der Waals surface area contributed by atoms with Crippen LogP contribution in [-0.2, 0) is 19.6 Å². The maximum absolute atomic E-state index is 13.3. The zero-order valence-corrected chi connectivity index (χ0v) is 16.1. The van der Waals surface area contributed by atoms with Gasteiger partial charge in [0.15, 0.2) is 0 Å². The lowest BCUT2D eigenvalue weighted by molar-refractivity contribution is -0.137. The number of rotatable bonds is 4. The number of aromatic nitrogens is 1. The Labute approximate surface area is 171 Å². The van der Waals surface area contributed by atoms with Gasteiger partial charge in [-0.25, -0.2) is 4.79 Å². The molecule has 0 spiro atoms. The highest BCUT2D eigenvalue weighted by atomic mass is 19.4. The van der Waals surface area contributed by atoms with Gasteiger partial charge in [-0.15, -0.1) is 0 Å².